The summed E-state index contributed by atoms with van der Waals surface area (Å²) in [5.74, 6) is 0.886. The molecule has 2 rings (SSSR count). The molecule has 0 spiro atoms. The second kappa shape index (κ2) is 6.59. The largest absolute Gasteiger partial charge is 0.497 e. The van der Waals surface area contributed by atoms with Crippen LogP contribution in [0.25, 0.3) is 0 Å². The summed E-state index contributed by atoms with van der Waals surface area (Å²) in [5.41, 5.74) is 7.86. The molecular weight excluding hydrogens is 248 g/mol. The molecule has 0 amide bonds. The zero-order chi connectivity index (χ0) is 14.6. The summed E-state index contributed by atoms with van der Waals surface area (Å²) in [4.78, 5) is 2.59. The van der Waals surface area contributed by atoms with Crippen molar-refractivity contribution in [2.24, 2.45) is 5.73 Å². The van der Waals surface area contributed by atoms with Crippen molar-refractivity contribution in [3.8, 4) is 5.75 Å². The van der Waals surface area contributed by atoms with Crippen LogP contribution in [-0.4, -0.2) is 30.6 Å². The maximum atomic E-state index is 6.62. The van der Waals surface area contributed by atoms with Crippen LogP contribution in [0.4, 0.5) is 0 Å². The molecule has 20 heavy (non-hydrogen) atoms. The summed E-state index contributed by atoms with van der Waals surface area (Å²) in [5, 5.41) is 0. The standard InChI is InChI=1S/C17H28N2O/c1-4-17(2,19-12-6-5-7-13-19)16(18)14-8-10-15(20-3)11-9-14/h8-11,16H,4-7,12-13,18H2,1-3H3. The highest BCUT2D eigenvalue weighted by Gasteiger charge is 2.37. The van der Waals surface area contributed by atoms with Gasteiger partial charge in [-0.05, 0) is 57.0 Å². The lowest BCUT2D eigenvalue weighted by molar-refractivity contribution is 0.0542. The van der Waals surface area contributed by atoms with Crippen molar-refractivity contribution in [2.45, 2.75) is 51.1 Å². The summed E-state index contributed by atoms with van der Waals surface area (Å²) in [7, 11) is 1.69. The minimum atomic E-state index is 0.0367. The molecule has 0 radical (unpaired) electrons. The van der Waals surface area contributed by atoms with Crippen molar-refractivity contribution in [3.05, 3.63) is 29.8 Å². The Morgan fingerprint density at radius 1 is 1.20 bits per heavy atom. The van der Waals surface area contributed by atoms with E-state index in [0.29, 0.717) is 0 Å². The minimum Gasteiger partial charge on any atom is -0.497 e. The Kier molecular flexibility index (Phi) is 5.06. The summed E-state index contributed by atoms with van der Waals surface area (Å²) in [6, 6.07) is 8.24. The van der Waals surface area contributed by atoms with Gasteiger partial charge in [0.1, 0.15) is 5.75 Å². The lowest BCUT2D eigenvalue weighted by Gasteiger charge is -2.47. The molecule has 2 atom stereocenters. The first kappa shape index (κ1) is 15.3. The number of hydrogen-bond acceptors (Lipinski definition) is 3. The first-order chi connectivity index (χ1) is 9.61. The second-order valence-corrected chi connectivity index (χ2v) is 6.01. The molecule has 1 heterocycles. The number of rotatable bonds is 5. The van der Waals surface area contributed by atoms with Gasteiger partial charge in [-0.15, -0.1) is 0 Å². The van der Waals surface area contributed by atoms with Gasteiger partial charge in [-0.2, -0.15) is 0 Å². The van der Waals surface area contributed by atoms with Crippen molar-refractivity contribution in [1.82, 2.24) is 4.90 Å². The van der Waals surface area contributed by atoms with Crippen LogP contribution in [0.2, 0.25) is 0 Å². The van der Waals surface area contributed by atoms with Gasteiger partial charge in [0.25, 0.3) is 0 Å². The average molecular weight is 276 g/mol. The predicted molar refractivity (Wildman–Crippen MR) is 84.0 cm³/mol. The molecule has 0 aliphatic carbocycles. The summed E-state index contributed by atoms with van der Waals surface area (Å²) < 4.78 is 5.23. The van der Waals surface area contributed by atoms with Crippen molar-refractivity contribution < 1.29 is 4.74 Å². The number of nitrogens with two attached hydrogens (primary N) is 1. The van der Waals surface area contributed by atoms with Crippen LogP contribution in [-0.2, 0) is 0 Å². The van der Waals surface area contributed by atoms with E-state index < -0.39 is 0 Å². The highest BCUT2D eigenvalue weighted by Crippen LogP contribution is 2.34. The Morgan fingerprint density at radius 2 is 1.80 bits per heavy atom. The minimum absolute atomic E-state index is 0.0367. The van der Waals surface area contributed by atoms with Crippen LogP contribution in [0.5, 0.6) is 5.75 Å². The quantitative estimate of drug-likeness (QED) is 0.896. The molecule has 3 nitrogen and oxygen atoms in total. The fourth-order valence-corrected chi connectivity index (χ4v) is 3.22. The molecule has 0 aromatic heterocycles. The molecular formula is C17H28N2O. The predicted octanol–water partition coefficient (Wildman–Crippen LogP) is 3.35. The zero-order valence-electron chi connectivity index (χ0n) is 13.1. The van der Waals surface area contributed by atoms with Crippen molar-refractivity contribution in [1.29, 1.82) is 0 Å². The lowest BCUT2D eigenvalue weighted by Crippen LogP contribution is -2.54. The van der Waals surface area contributed by atoms with Gasteiger partial charge >= 0.3 is 0 Å². The number of methoxy groups -OCH3 is 1. The molecule has 0 bridgehead atoms. The second-order valence-electron chi connectivity index (χ2n) is 6.01. The van der Waals surface area contributed by atoms with Gasteiger partial charge in [0, 0.05) is 11.6 Å². The Hall–Kier alpha value is -1.06. The average Bonchev–Trinajstić information content (AvgIpc) is 2.54. The summed E-state index contributed by atoms with van der Waals surface area (Å²) in [6.45, 7) is 6.91. The normalized spacial score (nSPS) is 21.2. The smallest absolute Gasteiger partial charge is 0.118 e. The monoisotopic (exact) mass is 276 g/mol. The maximum Gasteiger partial charge on any atom is 0.118 e. The van der Waals surface area contributed by atoms with Gasteiger partial charge in [0.05, 0.1) is 7.11 Å². The van der Waals surface area contributed by atoms with Gasteiger partial charge in [0.2, 0.25) is 0 Å². The Bertz CT molecular complexity index is 412. The molecule has 1 aromatic carbocycles. The molecule has 2 unspecified atom stereocenters. The molecule has 112 valence electrons. The number of likely N-dealkylation sites (tertiary alicyclic amines) is 1. The number of benzene rings is 1. The summed E-state index contributed by atoms with van der Waals surface area (Å²) >= 11 is 0. The van der Waals surface area contributed by atoms with Crippen LogP contribution in [0.15, 0.2) is 24.3 Å². The van der Waals surface area contributed by atoms with Crippen LogP contribution in [0, 0.1) is 0 Å². The highest BCUT2D eigenvalue weighted by atomic mass is 16.5. The maximum absolute atomic E-state index is 6.62. The van der Waals surface area contributed by atoms with E-state index in [4.69, 9.17) is 10.5 Å². The van der Waals surface area contributed by atoms with Gasteiger partial charge in [-0.1, -0.05) is 25.5 Å². The van der Waals surface area contributed by atoms with Crippen molar-refractivity contribution in [2.75, 3.05) is 20.2 Å². The van der Waals surface area contributed by atoms with Crippen molar-refractivity contribution in [3.63, 3.8) is 0 Å². The van der Waals surface area contributed by atoms with E-state index >= 15 is 0 Å². The van der Waals surface area contributed by atoms with Gasteiger partial charge in [0.15, 0.2) is 0 Å². The molecule has 1 aliphatic heterocycles. The topological polar surface area (TPSA) is 38.5 Å². The van der Waals surface area contributed by atoms with E-state index in [0.717, 1.165) is 12.2 Å². The van der Waals surface area contributed by atoms with E-state index in [2.05, 4.69) is 30.9 Å². The van der Waals surface area contributed by atoms with Crippen LogP contribution >= 0.6 is 0 Å². The van der Waals surface area contributed by atoms with E-state index in [-0.39, 0.29) is 11.6 Å². The third-order valence-corrected chi connectivity index (χ3v) is 4.94. The van der Waals surface area contributed by atoms with Gasteiger partial charge in [-0.3, -0.25) is 4.90 Å². The fraction of sp³-hybridized carbons (Fsp3) is 0.647. The van der Waals surface area contributed by atoms with E-state index in [1.807, 2.05) is 12.1 Å². The highest BCUT2D eigenvalue weighted by molar-refractivity contribution is 5.30. The molecule has 3 heteroatoms. The number of ether oxygens (including phenoxy) is 1. The first-order valence-electron chi connectivity index (χ1n) is 7.76. The summed E-state index contributed by atoms with van der Waals surface area (Å²) in [6.07, 6.45) is 5.02. The molecule has 2 N–H and O–H groups in total. The van der Waals surface area contributed by atoms with E-state index in [1.54, 1.807) is 7.11 Å². The number of nitrogens with zero attached hydrogens (tertiary/aromatic N) is 1. The fourth-order valence-electron chi connectivity index (χ4n) is 3.22. The third-order valence-electron chi connectivity index (χ3n) is 4.94. The van der Waals surface area contributed by atoms with Crippen molar-refractivity contribution >= 4 is 0 Å². The first-order valence-corrected chi connectivity index (χ1v) is 7.76. The third kappa shape index (κ3) is 2.99. The SMILES string of the molecule is CCC(C)(C(N)c1ccc(OC)cc1)N1CCCCC1. The van der Waals surface area contributed by atoms with E-state index in [1.165, 1.54) is 37.9 Å². The van der Waals surface area contributed by atoms with Gasteiger partial charge < -0.3 is 10.5 Å². The lowest BCUT2D eigenvalue weighted by atomic mass is 9.82. The Balaban J connectivity index is 2.19. The molecule has 1 fully saturated rings. The van der Waals surface area contributed by atoms with Gasteiger partial charge in [-0.25, -0.2) is 0 Å². The Labute approximate surface area is 123 Å². The Morgan fingerprint density at radius 3 is 2.30 bits per heavy atom. The van der Waals surface area contributed by atoms with Crippen LogP contribution in [0.3, 0.4) is 0 Å². The molecule has 1 aliphatic rings. The zero-order valence-corrected chi connectivity index (χ0v) is 13.1. The van der Waals surface area contributed by atoms with Crippen LogP contribution in [0.1, 0.15) is 51.1 Å². The van der Waals surface area contributed by atoms with E-state index in [9.17, 15) is 0 Å². The number of hydrogen-bond donors (Lipinski definition) is 1. The number of piperidine rings is 1. The van der Waals surface area contributed by atoms with Crippen LogP contribution < -0.4 is 10.5 Å². The molecule has 1 saturated heterocycles. The molecule has 0 saturated carbocycles. The molecule has 1 aromatic rings.